The molecule has 2 amide bonds. The highest BCUT2D eigenvalue weighted by Crippen LogP contribution is 2.10. The molecule has 0 spiro atoms. The molecule has 0 aromatic rings. The van der Waals surface area contributed by atoms with E-state index >= 15 is 0 Å². The fraction of sp³-hybridized carbons (Fsp3) is 0.833. The van der Waals surface area contributed by atoms with Crippen LogP contribution in [-0.4, -0.2) is 59.9 Å². The monoisotopic (exact) mass is 273 g/mol. The second-order valence-corrected chi connectivity index (χ2v) is 5.81. The highest BCUT2D eigenvalue weighted by Gasteiger charge is 2.26. The van der Waals surface area contributed by atoms with Crippen molar-refractivity contribution in [2.75, 3.05) is 31.1 Å². The molecule has 1 rings (SSSR count). The molecule has 104 valence electrons. The lowest BCUT2D eigenvalue weighted by Gasteiger charge is -2.28. The Hall–Kier alpha value is -0.750. The van der Waals surface area contributed by atoms with Crippen molar-refractivity contribution in [2.24, 2.45) is 0 Å². The van der Waals surface area contributed by atoms with Crippen LogP contribution in [0.5, 0.6) is 0 Å². The molecule has 0 aliphatic carbocycles. The van der Waals surface area contributed by atoms with E-state index in [9.17, 15) is 9.59 Å². The molecule has 1 aliphatic rings. The summed E-state index contributed by atoms with van der Waals surface area (Å²) in [5, 5.41) is 6.01. The summed E-state index contributed by atoms with van der Waals surface area (Å²) in [7, 11) is 0. The van der Waals surface area contributed by atoms with Gasteiger partial charge in [0.1, 0.15) is 0 Å². The topological polar surface area (TPSA) is 61.4 Å². The molecular weight excluding hydrogens is 250 g/mol. The van der Waals surface area contributed by atoms with Gasteiger partial charge in [-0.1, -0.05) is 0 Å². The van der Waals surface area contributed by atoms with E-state index in [0.717, 1.165) is 18.1 Å². The molecular formula is C12H23N3O2S. The maximum absolute atomic E-state index is 12.2. The van der Waals surface area contributed by atoms with Gasteiger partial charge in [-0.25, -0.2) is 0 Å². The number of nitrogens with zero attached hydrogens (tertiary/aromatic N) is 1. The van der Waals surface area contributed by atoms with Crippen molar-refractivity contribution in [3.8, 4) is 0 Å². The van der Waals surface area contributed by atoms with Gasteiger partial charge < -0.3 is 15.5 Å². The molecule has 1 saturated heterocycles. The van der Waals surface area contributed by atoms with E-state index in [1.165, 1.54) is 0 Å². The third-order valence-corrected chi connectivity index (χ3v) is 3.76. The molecule has 0 aromatic carbocycles. The minimum absolute atomic E-state index is 0.0311. The third kappa shape index (κ3) is 4.86. The second-order valence-electron chi connectivity index (χ2n) is 4.66. The summed E-state index contributed by atoms with van der Waals surface area (Å²) in [5.74, 6) is 1.78. The smallest absolute Gasteiger partial charge is 0.241 e. The van der Waals surface area contributed by atoms with E-state index in [2.05, 4.69) is 10.6 Å². The Kier molecular flexibility index (Phi) is 6.49. The van der Waals surface area contributed by atoms with E-state index in [1.807, 2.05) is 20.8 Å². The van der Waals surface area contributed by atoms with Crippen LogP contribution in [0, 0.1) is 0 Å². The SMILES string of the molecule is CCN(CC(=O)NC(C)C)C(=O)C1CSCCN1. The molecule has 0 radical (unpaired) electrons. The fourth-order valence-corrected chi connectivity index (χ4v) is 2.76. The minimum Gasteiger partial charge on any atom is -0.352 e. The van der Waals surface area contributed by atoms with Crippen molar-refractivity contribution in [1.29, 1.82) is 0 Å². The summed E-state index contributed by atoms with van der Waals surface area (Å²) in [6.07, 6.45) is 0. The Morgan fingerprint density at radius 2 is 2.22 bits per heavy atom. The van der Waals surface area contributed by atoms with Gasteiger partial charge in [0.25, 0.3) is 0 Å². The maximum Gasteiger partial charge on any atom is 0.241 e. The third-order valence-electron chi connectivity index (χ3n) is 2.70. The molecule has 1 atom stereocenters. The first-order valence-electron chi connectivity index (χ1n) is 6.43. The van der Waals surface area contributed by atoms with Crippen LogP contribution < -0.4 is 10.6 Å². The molecule has 0 bridgehead atoms. The number of rotatable bonds is 5. The Morgan fingerprint density at radius 3 is 2.72 bits per heavy atom. The maximum atomic E-state index is 12.2. The van der Waals surface area contributed by atoms with Crippen molar-refractivity contribution >= 4 is 23.6 Å². The highest BCUT2D eigenvalue weighted by molar-refractivity contribution is 7.99. The number of thioether (sulfide) groups is 1. The van der Waals surface area contributed by atoms with Crippen molar-refractivity contribution in [3.05, 3.63) is 0 Å². The van der Waals surface area contributed by atoms with Gasteiger partial charge in [-0.05, 0) is 20.8 Å². The summed E-state index contributed by atoms with van der Waals surface area (Å²) in [6.45, 7) is 7.29. The van der Waals surface area contributed by atoms with Crippen LogP contribution in [-0.2, 0) is 9.59 Å². The van der Waals surface area contributed by atoms with Gasteiger partial charge in [0, 0.05) is 30.6 Å². The zero-order chi connectivity index (χ0) is 13.5. The summed E-state index contributed by atoms with van der Waals surface area (Å²) in [5.41, 5.74) is 0. The standard InChI is InChI=1S/C12H23N3O2S/c1-4-15(7-11(16)14-9(2)3)12(17)10-8-18-6-5-13-10/h9-10,13H,4-8H2,1-3H3,(H,14,16). The van der Waals surface area contributed by atoms with E-state index in [-0.39, 0.29) is 30.4 Å². The Morgan fingerprint density at radius 1 is 1.50 bits per heavy atom. The van der Waals surface area contributed by atoms with Crippen molar-refractivity contribution in [2.45, 2.75) is 32.9 Å². The first kappa shape index (κ1) is 15.3. The molecule has 6 heteroatoms. The average molecular weight is 273 g/mol. The Balaban J connectivity index is 2.48. The average Bonchev–Trinajstić information content (AvgIpc) is 2.35. The van der Waals surface area contributed by atoms with Crippen LogP contribution in [0.1, 0.15) is 20.8 Å². The van der Waals surface area contributed by atoms with E-state index < -0.39 is 0 Å². The lowest BCUT2D eigenvalue weighted by molar-refractivity contribution is -0.137. The van der Waals surface area contributed by atoms with E-state index in [0.29, 0.717) is 6.54 Å². The molecule has 18 heavy (non-hydrogen) atoms. The van der Waals surface area contributed by atoms with Gasteiger partial charge in [0.2, 0.25) is 11.8 Å². The number of hydrogen-bond acceptors (Lipinski definition) is 4. The van der Waals surface area contributed by atoms with Crippen molar-refractivity contribution < 1.29 is 9.59 Å². The van der Waals surface area contributed by atoms with Gasteiger partial charge in [0.15, 0.2) is 0 Å². The quantitative estimate of drug-likeness (QED) is 0.744. The molecule has 1 unspecified atom stereocenters. The van der Waals surface area contributed by atoms with Gasteiger partial charge in [-0.2, -0.15) is 11.8 Å². The number of carbonyl (C=O) groups is 2. The van der Waals surface area contributed by atoms with Gasteiger partial charge >= 0.3 is 0 Å². The molecule has 0 saturated carbocycles. The lowest BCUT2D eigenvalue weighted by Crippen LogP contribution is -2.53. The number of nitrogens with one attached hydrogen (secondary N) is 2. The first-order valence-corrected chi connectivity index (χ1v) is 7.59. The van der Waals surface area contributed by atoms with Gasteiger partial charge in [-0.15, -0.1) is 0 Å². The van der Waals surface area contributed by atoms with Crippen LogP contribution in [0.25, 0.3) is 0 Å². The number of carbonyl (C=O) groups excluding carboxylic acids is 2. The van der Waals surface area contributed by atoms with Gasteiger partial charge in [-0.3, -0.25) is 9.59 Å². The second kappa shape index (κ2) is 7.63. The largest absolute Gasteiger partial charge is 0.352 e. The van der Waals surface area contributed by atoms with Gasteiger partial charge in [0.05, 0.1) is 12.6 Å². The van der Waals surface area contributed by atoms with Crippen LogP contribution in [0.4, 0.5) is 0 Å². The normalized spacial score (nSPS) is 19.7. The van der Waals surface area contributed by atoms with E-state index in [4.69, 9.17) is 0 Å². The zero-order valence-electron chi connectivity index (χ0n) is 11.4. The molecule has 1 fully saturated rings. The predicted octanol–water partition coefficient (Wildman–Crippen LogP) is 0.0645. The fourth-order valence-electron chi connectivity index (χ4n) is 1.83. The summed E-state index contributed by atoms with van der Waals surface area (Å²) < 4.78 is 0. The number of amides is 2. The van der Waals surface area contributed by atoms with Crippen LogP contribution in [0.2, 0.25) is 0 Å². The molecule has 0 aromatic heterocycles. The summed E-state index contributed by atoms with van der Waals surface area (Å²) >= 11 is 1.78. The van der Waals surface area contributed by atoms with Crippen LogP contribution in [0.3, 0.4) is 0 Å². The van der Waals surface area contributed by atoms with Crippen LogP contribution >= 0.6 is 11.8 Å². The van der Waals surface area contributed by atoms with E-state index in [1.54, 1.807) is 16.7 Å². The minimum atomic E-state index is -0.143. The number of likely N-dealkylation sites (N-methyl/N-ethyl adjacent to an activating group) is 1. The first-order chi connectivity index (χ1) is 8.54. The molecule has 1 heterocycles. The van der Waals surface area contributed by atoms with Crippen molar-refractivity contribution in [3.63, 3.8) is 0 Å². The molecule has 1 aliphatic heterocycles. The lowest BCUT2D eigenvalue weighted by atomic mass is 10.2. The van der Waals surface area contributed by atoms with Crippen molar-refractivity contribution in [1.82, 2.24) is 15.5 Å². The highest BCUT2D eigenvalue weighted by atomic mass is 32.2. The molecule has 2 N–H and O–H groups in total. The zero-order valence-corrected chi connectivity index (χ0v) is 12.2. The Bertz CT molecular complexity index is 291. The predicted molar refractivity (Wildman–Crippen MR) is 74.6 cm³/mol. The summed E-state index contributed by atoms with van der Waals surface area (Å²) in [4.78, 5) is 25.5. The molecule has 5 nitrogen and oxygen atoms in total. The Labute approximate surface area is 113 Å². The number of hydrogen-bond donors (Lipinski definition) is 2. The summed E-state index contributed by atoms with van der Waals surface area (Å²) in [6, 6.07) is -0.0368. The van der Waals surface area contributed by atoms with Crippen LogP contribution in [0.15, 0.2) is 0 Å².